The second-order valence-electron chi connectivity index (χ2n) is 7.75. The van der Waals surface area contributed by atoms with Gasteiger partial charge in [0.25, 0.3) is 0 Å². The fourth-order valence-corrected chi connectivity index (χ4v) is 3.90. The standard InChI is InChI=1S/C26H26ClN3O/c1-3-4-17-28-26(31)24-22-7-5-6-8-23(22)29-25(19-11-9-18(2)10-12-19)30(24)21-15-13-20(27)14-16-21/h5-16,24H,3-4,17H2,1-2H3,(H,28,31). The number of carbonyl (C=O) groups is 1. The highest BCUT2D eigenvalue weighted by atomic mass is 35.5. The smallest absolute Gasteiger partial charge is 0.247 e. The fraction of sp³-hybridized carbons (Fsp3) is 0.231. The number of fused-ring (bicyclic) bond motifs is 1. The lowest BCUT2D eigenvalue weighted by Gasteiger charge is -2.37. The molecule has 1 aliphatic heterocycles. The lowest BCUT2D eigenvalue weighted by atomic mass is 9.97. The second-order valence-corrected chi connectivity index (χ2v) is 8.19. The van der Waals surface area contributed by atoms with Crippen molar-refractivity contribution in [2.75, 3.05) is 11.4 Å². The number of hydrogen-bond acceptors (Lipinski definition) is 3. The zero-order valence-corrected chi connectivity index (χ0v) is 18.6. The van der Waals surface area contributed by atoms with Crippen LogP contribution in [0.2, 0.25) is 5.02 Å². The van der Waals surface area contributed by atoms with Crippen LogP contribution in [0.5, 0.6) is 0 Å². The van der Waals surface area contributed by atoms with Crippen LogP contribution in [0.3, 0.4) is 0 Å². The molecule has 0 spiro atoms. The Morgan fingerprint density at radius 3 is 2.45 bits per heavy atom. The summed E-state index contributed by atoms with van der Waals surface area (Å²) in [6.45, 7) is 4.83. The molecule has 0 aromatic heterocycles. The molecule has 158 valence electrons. The minimum absolute atomic E-state index is 0.0321. The SMILES string of the molecule is CCCCNC(=O)C1c2ccccc2N=C(c2ccc(C)cc2)N1c1ccc(Cl)cc1. The van der Waals surface area contributed by atoms with Gasteiger partial charge in [0.15, 0.2) is 0 Å². The van der Waals surface area contributed by atoms with Gasteiger partial charge in [-0.1, -0.05) is 73.0 Å². The molecule has 1 heterocycles. The van der Waals surface area contributed by atoms with Crippen LogP contribution in [-0.4, -0.2) is 18.3 Å². The first kappa shape index (κ1) is 21.1. The Hall–Kier alpha value is -3.11. The van der Waals surface area contributed by atoms with E-state index in [1.165, 1.54) is 5.56 Å². The van der Waals surface area contributed by atoms with E-state index < -0.39 is 6.04 Å². The molecule has 0 fully saturated rings. The molecule has 1 unspecified atom stereocenters. The number of para-hydroxylation sites is 1. The Balaban J connectivity index is 1.87. The van der Waals surface area contributed by atoms with E-state index in [0.717, 1.165) is 41.2 Å². The van der Waals surface area contributed by atoms with E-state index >= 15 is 0 Å². The number of aliphatic imine (C=N–C) groups is 1. The van der Waals surface area contributed by atoms with Crippen LogP contribution in [0.1, 0.15) is 42.5 Å². The maximum absolute atomic E-state index is 13.5. The van der Waals surface area contributed by atoms with Crippen LogP contribution in [0.25, 0.3) is 0 Å². The largest absolute Gasteiger partial charge is 0.354 e. The third-order valence-electron chi connectivity index (χ3n) is 5.44. The van der Waals surface area contributed by atoms with E-state index in [1.54, 1.807) is 0 Å². The van der Waals surface area contributed by atoms with Crippen molar-refractivity contribution in [3.8, 4) is 0 Å². The molecule has 4 rings (SSSR count). The van der Waals surface area contributed by atoms with Gasteiger partial charge in [-0.3, -0.25) is 4.79 Å². The van der Waals surface area contributed by atoms with Crippen LogP contribution >= 0.6 is 11.6 Å². The second kappa shape index (κ2) is 9.36. The van der Waals surface area contributed by atoms with Crippen molar-refractivity contribution < 1.29 is 4.79 Å². The summed E-state index contributed by atoms with van der Waals surface area (Å²) in [5.74, 6) is 0.715. The third-order valence-corrected chi connectivity index (χ3v) is 5.69. The first-order valence-electron chi connectivity index (χ1n) is 10.7. The van der Waals surface area contributed by atoms with Gasteiger partial charge < -0.3 is 10.2 Å². The summed E-state index contributed by atoms with van der Waals surface area (Å²) in [4.78, 5) is 20.5. The van der Waals surface area contributed by atoms with Crippen LogP contribution in [0.15, 0.2) is 77.8 Å². The fourth-order valence-electron chi connectivity index (χ4n) is 3.77. The highest BCUT2D eigenvalue weighted by Gasteiger charge is 2.36. The summed E-state index contributed by atoms with van der Waals surface area (Å²) < 4.78 is 0. The number of amides is 1. The first-order valence-corrected chi connectivity index (χ1v) is 11.0. The molecule has 31 heavy (non-hydrogen) atoms. The van der Waals surface area contributed by atoms with Crippen molar-refractivity contribution in [2.45, 2.75) is 32.7 Å². The van der Waals surface area contributed by atoms with Gasteiger partial charge in [-0.25, -0.2) is 4.99 Å². The number of nitrogens with one attached hydrogen (secondary N) is 1. The summed E-state index contributed by atoms with van der Waals surface area (Å²) in [6, 6.07) is 23.1. The normalized spacial score (nSPS) is 15.3. The number of amidine groups is 1. The van der Waals surface area contributed by atoms with Gasteiger partial charge in [-0.2, -0.15) is 0 Å². The van der Waals surface area contributed by atoms with E-state index in [-0.39, 0.29) is 5.91 Å². The molecule has 3 aromatic rings. The van der Waals surface area contributed by atoms with Gasteiger partial charge in [0.2, 0.25) is 5.91 Å². The number of hydrogen-bond donors (Lipinski definition) is 1. The Labute approximate surface area is 188 Å². The van der Waals surface area contributed by atoms with Crippen LogP contribution in [-0.2, 0) is 4.79 Å². The summed E-state index contributed by atoms with van der Waals surface area (Å²) in [6.07, 6.45) is 1.97. The van der Waals surface area contributed by atoms with Crippen molar-refractivity contribution in [1.29, 1.82) is 0 Å². The van der Waals surface area contributed by atoms with E-state index in [9.17, 15) is 4.79 Å². The van der Waals surface area contributed by atoms with Gasteiger partial charge in [-0.15, -0.1) is 0 Å². The molecular weight excluding hydrogens is 406 g/mol. The summed E-state index contributed by atoms with van der Waals surface area (Å²) in [7, 11) is 0. The summed E-state index contributed by atoms with van der Waals surface area (Å²) in [5.41, 5.74) is 4.71. The maximum Gasteiger partial charge on any atom is 0.247 e. The predicted octanol–water partition coefficient (Wildman–Crippen LogP) is 6.20. The number of rotatable bonds is 6. The molecule has 1 atom stereocenters. The average molecular weight is 432 g/mol. The van der Waals surface area contributed by atoms with Crippen LogP contribution < -0.4 is 10.2 Å². The Kier molecular flexibility index (Phi) is 6.38. The van der Waals surface area contributed by atoms with E-state index in [0.29, 0.717) is 11.6 Å². The zero-order chi connectivity index (χ0) is 21.8. The van der Waals surface area contributed by atoms with Crippen molar-refractivity contribution in [2.24, 2.45) is 4.99 Å². The molecule has 3 aromatic carbocycles. The number of anilines is 1. The van der Waals surface area contributed by atoms with Crippen LogP contribution in [0.4, 0.5) is 11.4 Å². The van der Waals surface area contributed by atoms with E-state index in [4.69, 9.17) is 16.6 Å². The maximum atomic E-state index is 13.5. The number of aryl methyl sites for hydroxylation is 1. The van der Waals surface area contributed by atoms with Gasteiger partial charge in [0.1, 0.15) is 11.9 Å². The molecule has 0 bridgehead atoms. The van der Waals surface area contributed by atoms with Gasteiger partial charge >= 0.3 is 0 Å². The summed E-state index contributed by atoms with van der Waals surface area (Å²) >= 11 is 6.16. The molecule has 1 amide bonds. The van der Waals surface area contributed by atoms with Gasteiger partial charge in [0.05, 0.1) is 5.69 Å². The van der Waals surface area contributed by atoms with Crippen molar-refractivity contribution >= 4 is 34.7 Å². The number of halogens is 1. The zero-order valence-electron chi connectivity index (χ0n) is 17.8. The third kappa shape index (κ3) is 4.49. The lowest BCUT2D eigenvalue weighted by molar-refractivity contribution is -0.122. The number of unbranched alkanes of at least 4 members (excludes halogenated alkanes) is 1. The monoisotopic (exact) mass is 431 g/mol. The number of carbonyl (C=O) groups excluding carboxylic acids is 1. The lowest BCUT2D eigenvalue weighted by Crippen LogP contribution is -2.46. The minimum Gasteiger partial charge on any atom is -0.354 e. The molecule has 1 aliphatic rings. The molecule has 0 saturated heterocycles. The Morgan fingerprint density at radius 2 is 1.74 bits per heavy atom. The molecule has 0 saturated carbocycles. The predicted molar refractivity (Wildman–Crippen MR) is 128 cm³/mol. The first-order chi connectivity index (χ1) is 15.1. The number of nitrogens with zero attached hydrogens (tertiary/aromatic N) is 2. The van der Waals surface area contributed by atoms with Crippen molar-refractivity contribution in [3.63, 3.8) is 0 Å². The molecular formula is C26H26ClN3O. The quantitative estimate of drug-likeness (QED) is 0.472. The molecule has 0 radical (unpaired) electrons. The molecule has 4 nitrogen and oxygen atoms in total. The molecule has 1 N–H and O–H groups in total. The Morgan fingerprint density at radius 1 is 1.03 bits per heavy atom. The highest BCUT2D eigenvalue weighted by Crippen LogP contribution is 2.39. The van der Waals surface area contributed by atoms with E-state index in [2.05, 4.69) is 43.4 Å². The molecule has 0 aliphatic carbocycles. The Bertz CT molecular complexity index is 1090. The average Bonchev–Trinajstić information content (AvgIpc) is 2.79. The van der Waals surface area contributed by atoms with Gasteiger partial charge in [0, 0.05) is 28.4 Å². The van der Waals surface area contributed by atoms with E-state index in [1.807, 2.05) is 53.4 Å². The molecule has 5 heteroatoms. The van der Waals surface area contributed by atoms with Crippen LogP contribution in [0, 0.1) is 6.92 Å². The van der Waals surface area contributed by atoms with Crippen molar-refractivity contribution in [3.05, 3.63) is 94.5 Å². The highest BCUT2D eigenvalue weighted by molar-refractivity contribution is 6.30. The topological polar surface area (TPSA) is 44.7 Å². The van der Waals surface area contributed by atoms with Crippen molar-refractivity contribution in [1.82, 2.24) is 5.32 Å². The minimum atomic E-state index is -0.525. The number of benzene rings is 3. The summed E-state index contributed by atoms with van der Waals surface area (Å²) in [5, 5.41) is 3.78. The van der Waals surface area contributed by atoms with Gasteiger partial charge in [-0.05, 0) is 43.7 Å².